The van der Waals surface area contributed by atoms with Crippen molar-refractivity contribution in [1.82, 2.24) is 9.80 Å². The third kappa shape index (κ3) is 3.72. The summed E-state index contributed by atoms with van der Waals surface area (Å²) >= 11 is 0. The molecule has 0 aromatic rings. The lowest BCUT2D eigenvalue weighted by Crippen LogP contribution is -2.43. The van der Waals surface area contributed by atoms with Crippen LogP contribution in [0.2, 0.25) is 0 Å². The molecular weight excluding hydrogens is 200 g/mol. The predicted molar refractivity (Wildman–Crippen MR) is 66.7 cm³/mol. The molecule has 0 spiro atoms. The fourth-order valence-corrected chi connectivity index (χ4v) is 2.73. The molecule has 0 aromatic heterocycles. The van der Waals surface area contributed by atoms with Crippen molar-refractivity contribution in [3.63, 3.8) is 0 Å². The number of hydrogen-bond donors (Lipinski definition) is 0. The summed E-state index contributed by atoms with van der Waals surface area (Å²) < 4.78 is 5.36. The largest absolute Gasteiger partial charge is 0.379 e. The Morgan fingerprint density at radius 3 is 2.06 bits per heavy atom. The summed E-state index contributed by atoms with van der Waals surface area (Å²) in [6.45, 7) is 11.6. The highest BCUT2D eigenvalue weighted by Crippen LogP contribution is 2.19. The van der Waals surface area contributed by atoms with Crippen LogP contribution in [-0.2, 0) is 4.74 Å². The molecule has 16 heavy (non-hydrogen) atoms. The molecule has 0 radical (unpaired) electrons. The Bertz CT molecular complexity index is 184. The van der Waals surface area contributed by atoms with Gasteiger partial charge in [-0.15, -0.1) is 0 Å². The van der Waals surface area contributed by atoms with Crippen molar-refractivity contribution in [2.75, 3.05) is 52.5 Å². The highest BCUT2D eigenvalue weighted by Gasteiger charge is 2.18. The molecule has 2 aliphatic heterocycles. The second kappa shape index (κ2) is 6.58. The predicted octanol–water partition coefficient (Wildman–Crippen LogP) is 1.44. The van der Waals surface area contributed by atoms with E-state index >= 15 is 0 Å². The van der Waals surface area contributed by atoms with Crippen LogP contribution in [-0.4, -0.2) is 62.3 Å². The van der Waals surface area contributed by atoms with Crippen molar-refractivity contribution in [1.29, 1.82) is 0 Å². The van der Waals surface area contributed by atoms with Crippen molar-refractivity contribution < 1.29 is 4.74 Å². The van der Waals surface area contributed by atoms with Gasteiger partial charge in [0.2, 0.25) is 0 Å². The van der Waals surface area contributed by atoms with Crippen molar-refractivity contribution in [3.8, 4) is 0 Å². The number of likely N-dealkylation sites (tertiary alicyclic amines) is 1. The average molecular weight is 226 g/mol. The summed E-state index contributed by atoms with van der Waals surface area (Å²) in [5, 5.41) is 0. The quantitative estimate of drug-likeness (QED) is 0.721. The van der Waals surface area contributed by atoms with Gasteiger partial charge in [-0.1, -0.05) is 13.3 Å². The number of piperidine rings is 1. The molecule has 3 nitrogen and oxygen atoms in total. The van der Waals surface area contributed by atoms with Gasteiger partial charge in [0.05, 0.1) is 13.2 Å². The number of nitrogens with zero attached hydrogens (tertiary/aromatic N) is 2. The van der Waals surface area contributed by atoms with Gasteiger partial charge in [0.1, 0.15) is 0 Å². The first-order valence-corrected chi connectivity index (χ1v) is 6.91. The van der Waals surface area contributed by atoms with Gasteiger partial charge in [-0.3, -0.25) is 4.90 Å². The minimum Gasteiger partial charge on any atom is -0.379 e. The van der Waals surface area contributed by atoms with Gasteiger partial charge in [0.15, 0.2) is 0 Å². The SMILES string of the molecule is CCC1CCN(CCN2CCOCC2)CC1. The lowest BCUT2D eigenvalue weighted by atomic mass is 9.94. The van der Waals surface area contributed by atoms with Gasteiger partial charge in [-0.25, -0.2) is 0 Å². The molecule has 94 valence electrons. The van der Waals surface area contributed by atoms with E-state index in [1.807, 2.05) is 0 Å². The molecular formula is C13H26N2O. The number of rotatable bonds is 4. The fourth-order valence-electron chi connectivity index (χ4n) is 2.73. The van der Waals surface area contributed by atoms with Crippen LogP contribution >= 0.6 is 0 Å². The Morgan fingerprint density at radius 1 is 0.938 bits per heavy atom. The van der Waals surface area contributed by atoms with Crippen LogP contribution in [0.3, 0.4) is 0 Å². The van der Waals surface area contributed by atoms with E-state index in [1.54, 1.807) is 0 Å². The lowest BCUT2D eigenvalue weighted by Gasteiger charge is -2.34. The monoisotopic (exact) mass is 226 g/mol. The normalized spacial score (nSPS) is 26.1. The zero-order valence-corrected chi connectivity index (χ0v) is 10.7. The zero-order chi connectivity index (χ0) is 11.2. The van der Waals surface area contributed by atoms with Gasteiger partial charge >= 0.3 is 0 Å². The third-order valence-electron chi connectivity index (χ3n) is 4.12. The van der Waals surface area contributed by atoms with Gasteiger partial charge in [-0.2, -0.15) is 0 Å². The lowest BCUT2D eigenvalue weighted by molar-refractivity contribution is 0.0314. The summed E-state index contributed by atoms with van der Waals surface area (Å²) in [5.74, 6) is 1.000. The first-order chi connectivity index (χ1) is 7.88. The Hall–Kier alpha value is -0.120. The second-order valence-electron chi connectivity index (χ2n) is 5.15. The fraction of sp³-hybridized carbons (Fsp3) is 1.00. The van der Waals surface area contributed by atoms with E-state index < -0.39 is 0 Å². The van der Waals surface area contributed by atoms with E-state index in [2.05, 4.69) is 16.7 Å². The van der Waals surface area contributed by atoms with Gasteiger partial charge in [0.25, 0.3) is 0 Å². The molecule has 2 aliphatic rings. The molecule has 2 fully saturated rings. The van der Waals surface area contributed by atoms with Crippen molar-refractivity contribution in [3.05, 3.63) is 0 Å². The van der Waals surface area contributed by atoms with Crippen molar-refractivity contribution in [2.24, 2.45) is 5.92 Å². The molecule has 0 aliphatic carbocycles. The highest BCUT2D eigenvalue weighted by molar-refractivity contribution is 4.73. The number of ether oxygens (including phenoxy) is 1. The summed E-state index contributed by atoms with van der Waals surface area (Å²) in [7, 11) is 0. The third-order valence-corrected chi connectivity index (χ3v) is 4.12. The Kier molecular flexibility index (Phi) is 5.07. The molecule has 2 heterocycles. The van der Waals surface area contributed by atoms with Gasteiger partial charge in [0, 0.05) is 26.2 Å². The molecule has 0 aromatic carbocycles. The van der Waals surface area contributed by atoms with Crippen LogP contribution in [0.4, 0.5) is 0 Å². The Morgan fingerprint density at radius 2 is 1.50 bits per heavy atom. The maximum absolute atomic E-state index is 5.36. The van der Waals surface area contributed by atoms with E-state index in [-0.39, 0.29) is 0 Å². The summed E-state index contributed by atoms with van der Waals surface area (Å²) in [5.41, 5.74) is 0. The van der Waals surface area contributed by atoms with Crippen LogP contribution in [0.5, 0.6) is 0 Å². The molecule has 0 atom stereocenters. The first-order valence-electron chi connectivity index (χ1n) is 6.91. The van der Waals surface area contributed by atoms with Crippen molar-refractivity contribution in [2.45, 2.75) is 26.2 Å². The number of morpholine rings is 1. The minimum atomic E-state index is 0.928. The molecule has 0 saturated carbocycles. The summed E-state index contributed by atoms with van der Waals surface area (Å²) in [6, 6.07) is 0. The Balaban J connectivity index is 1.59. The van der Waals surface area contributed by atoms with E-state index in [0.717, 1.165) is 32.2 Å². The molecule has 2 rings (SSSR count). The molecule has 3 heteroatoms. The molecule has 0 amide bonds. The van der Waals surface area contributed by atoms with E-state index in [9.17, 15) is 0 Å². The molecule has 0 N–H and O–H groups in total. The zero-order valence-electron chi connectivity index (χ0n) is 10.7. The van der Waals surface area contributed by atoms with E-state index in [1.165, 1.54) is 45.4 Å². The maximum atomic E-state index is 5.36. The topological polar surface area (TPSA) is 15.7 Å². The second-order valence-corrected chi connectivity index (χ2v) is 5.15. The van der Waals surface area contributed by atoms with Crippen LogP contribution < -0.4 is 0 Å². The smallest absolute Gasteiger partial charge is 0.0594 e. The van der Waals surface area contributed by atoms with Crippen LogP contribution in [0.15, 0.2) is 0 Å². The van der Waals surface area contributed by atoms with Crippen molar-refractivity contribution >= 4 is 0 Å². The first kappa shape index (κ1) is 12.3. The Labute approximate surface area is 99.7 Å². The summed E-state index contributed by atoms with van der Waals surface area (Å²) in [6.07, 6.45) is 4.20. The van der Waals surface area contributed by atoms with Crippen LogP contribution in [0, 0.1) is 5.92 Å². The standard InChI is InChI=1S/C13H26N2O/c1-2-13-3-5-14(6-4-13)7-8-15-9-11-16-12-10-15/h13H,2-12H2,1H3. The van der Waals surface area contributed by atoms with Gasteiger partial charge in [-0.05, 0) is 31.8 Å². The number of hydrogen-bond acceptors (Lipinski definition) is 3. The van der Waals surface area contributed by atoms with Gasteiger partial charge < -0.3 is 9.64 Å². The van der Waals surface area contributed by atoms with E-state index in [4.69, 9.17) is 4.74 Å². The molecule has 2 saturated heterocycles. The van der Waals surface area contributed by atoms with Crippen LogP contribution in [0.25, 0.3) is 0 Å². The highest BCUT2D eigenvalue weighted by atomic mass is 16.5. The van der Waals surface area contributed by atoms with Crippen LogP contribution in [0.1, 0.15) is 26.2 Å². The average Bonchev–Trinajstić information content (AvgIpc) is 2.38. The minimum absolute atomic E-state index is 0.928. The molecule has 0 bridgehead atoms. The molecule has 0 unspecified atom stereocenters. The summed E-state index contributed by atoms with van der Waals surface area (Å²) in [4.78, 5) is 5.18. The maximum Gasteiger partial charge on any atom is 0.0594 e. The van der Waals surface area contributed by atoms with E-state index in [0.29, 0.717) is 0 Å².